The van der Waals surface area contributed by atoms with E-state index >= 15 is 0 Å². The second-order valence-electron chi connectivity index (χ2n) is 3.99. The Morgan fingerprint density at radius 2 is 1.94 bits per heavy atom. The lowest BCUT2D eigenvalue weighted by atomic mass is 10.1. The molecular formula is C13H18N2O3. The summed E-state index contributed by atoms with van der Waals surface area (Å²) in [4.78, 5) is 24.7. The number of nitrogens with zero attached hydrogens (tertiary/aromatic N) is 1. The van der Waals surface area contributed by atoms with Crippen LogP contribution >= 0.6 is 0 Å². The van der Waals surface area contributed by atoms with Crippen molar-refractivity contribution in [2.24, 2.45) is 0 Å². The highest BCUT2D eigenvalue weighted by Crippen LogP contribution is 2.17. The third kappa shape index (κ3) is 3.76. The number of nitrogens with one attached hydrogen (secondary N) is 1. The Balaban J connectivity index is 2.64. The van der Waals surface area contributed by atoms with Crippen LogP contribution in [0.4, 0.5) is 5.69 Å². The number of carbonyl (C=O) groups excluding carboxylic acids is 2. The Hall–Kier alpha value is -2.04. The number of hydrogen-bond acceptors (Lipinski definition) is 4. The minimum atomic E-state index is -0.337. The van der Waals surface area contributed by atoms with Gasteiger partial charge in [0.2, 0.25) is 0 Å². The van der Waals surface area contributed by atoms with E-state index in [0.717, 1.165) is 5.69 Å². The van der Waals surface area contributed by atoms with Crippen molar-refractivity contribution >= 4 is 17.6 Å². The fraction of sp³-hybridized carbons (Fsp3) is 0.385. The third-order valence-corrected chi connectivity index (χ3v) is 2.47. The van der Waals surface area contributed by atoms with Gasteiger partial charge in [-0.05, 0) is 12.1 Å². The van der Waals surface area contributed by atoms with Gasteiger partial charge in [-0.2, -0.15) is 0 Å². The molecule has 0 saturated carbocycles. The van der Waals surface area contributed by atoms with E-state index in [1.807, 2.05) is 37.2 Å². The minimum Gasteiger partial charge on any atom is -0.469 e. The number of para-hydroxylation sites is 1. The Bertz CT molecular complexity index is 430. The molecule has 1 aromatic rings. The van der Waals surface area contributed by atoms with Gasteiger partial charge >= 0.3 is 5.97 Å². The van der Waals surface area contributed by atoms with Crippen LogP contribution in [-0.2, 0) is 9.53 Å². The van der Waals surface area contributed by atoms with E-state index in [-0.39, 0.29) is 24.8 Å². The van der Waals surface area contributed by atoms with Crippen LogP contribution in [-0.4, -0.2) is 39.6 Å². The quantitative estimate of drug-likeness (QED) is 0.793. The largest absolute Gasteiger partial charge is 0.469 e. The summed E-state index contributed by atoms with van der Waals surface area (Å²) in [7, 11) is 5.08. The lowest BCUT2D eigenvalue weighted by Crippen LogP contribution is -2.28. The Morgan fingerprint density at radius 1 is 1.28 bits per heavy atom. The average molecular weight is 250 g/mol. The van der Waals surface area contributed by atoms with Crippen molar-refractivity contribution in [2.75, 3.05) is 32.6 Å². The number of methoxy groups -OCH3 is 1. The number of benzene rings is 1. The summed E-state index contributed by atoms with van der Waals surface area (Å²) >= 11 is 0. The summed E-state index contributed by atoms with van der Waals surface area (Å²) in [6.07, 6.45) is 0.173. The van der Waals surface area contributed by atoms with E-state index < -0.39 is 0 Å². The summed E-state index contributed by atoms with van der Waals surface area (Å²) in [5.41, 5.74) is 1.43. The molecule has 1 rings (SSSR count). The maximum absolute atomic E-state index is 11.9. The number of carbonyl (C=O) groups is 2. The highest BCUT2D eigenvalue weighted by molar-refractivity contribution is 5.99. The molecule has 0 spiro atoms. The lowest BCUT2D eigenvalue weighted by molar-refractivity contribution is -0.140. The summed E-state index contributed by atoms with van der Waals surface area (Å²) in [6.45, 7) is 0.271. The molecule has 0 aliphatic heterocycles. The molecule has 0 radical (unpaired) electrons. The van der Waals surface area contributed by atoms with Crippen molar-refractivity contribution in [2.45, 2.75) is 6.42 Å². The molecule has 0 aliphatic rings. The predicted molar refractivity (Wildman–Crippen MR) is 69.7 cm³/mol. The van der Waals surface area contributed by atoms with Crippen LogP contribution < -0.4 is 10.2 Å². The molecule has 18 heavy (non-hydrogen) atoms. The van der Waals surface area contributed by atoms with Crippen molar-refractivity contribution in [3.8, 4) is 0 Å². The van der Waals surface area contributed by atoms with E-state index in [2.05, 4.69) is 10.1 Å². The first-order valence-corrected chi connectivity index (χ1v) is 5.67. The molecule has 0 heterocycles. The number of amides is 1. The fourth-order valence-electron chi connectivity index (χ4n) is 1.53. The van der Waals surface area contributed by atoms with Crippen LogP contribution in [0.1, 0.15) is 16.8 Å². The first kappa shape index (κ1) is 14.0. The zero-order valence-corrected chi connectivity index (χ0v) is 10.9. The second-order valence-corrected chi connectivity index (χ2v) is 3.99. The molecule has 5 heteroatoms. The molecule has 0 fully saturated rings. The minimum absolute atomic E-state index is 0.173. The lowest BCUT2D eigenvalue weighted by Gasteiger charge is -2.16. The van der Waals surface area contributed by atoms with Crippen LogP contribution in [0, 0.1) is 0 Å². The van der Waals surface area contributed by atoms with Gasteiger partial charge in [0.25, 0.3) is 5.91 Å². The maximum Gasteiger partial charge on any atom is 0.307 e. The highest BCUT2D eigenvalue weighted by atomic mass is 16.5. The summed E-state index contributed by atoms with van der Waals surface area (Å²) < 4.78 is 4.50. The molecule has 1 amide bonds. The summed E-state index contributed by atoms with van der Waals surface area (Å²) in [5, 5.41) is 2.69. The Labute approximate surface area is 107 Å². The zero-order chi connectivity index (χ0) is 13.5. The van der Waals surface area contributed by atoms with Crippen molar-refractivity contribution in [1.29, 1.82) is 0 Å². The third-order valence-electron chi connectivity index (χ3n) is 2.47. The Kier molecular flexibility index (Phi) is 5.17. The molecule has 5 nitrogen and oxygen atoms in total. The van der Waals surface area contributed by atoms with Gasteiger partial charge in [-0.3, -0.25) is 9.59 Å². The normalized spacial score (nSPS) is 9.72. The average Bonchev–Trinajstić information content (AvgIpc) is 2.38. The molecule has 1 aromatic carbocycles. The van der Waals surface area contributed by atoms with Gasteiger partial charge in [-0.15, -0.1) is 0 Å². The predicted octanol–water partition coefficient (Wildman–Crippen LogP) is 1.05. The molecule has 0 aliphatic carbocycles. The van der Waals surface area contributed by atoms with Crippen LogP contribution in [0.2, 0.25) is 0 Å². The number of anilines is 1. The van der Waals surface area contributed by atoms with Gasteiger partial charge in [0.05, 0.1) is 19.1 Å². The SMILES string of the molecule is COC(=O)CCNC(=O)c1ccccc1N(C)C. The zero-order valence-electron chi connectivity index (χ0n) is 10.9. The summed E-state index contributed by atoms with van der Waals surface area (Å²) in [6, 6.07) is 7.31. The molecule has 0 bridgehead atoms. The fourth-order valence-corrected chi connectivity index (χ4v) is 1.53. The molecular weight excluding hydrogens is 232 g/mol. The van der Waals surface area contributed by atoms with Crippen molar-refractivity contribution in [3.63, 3.8) is 0 Å². The van der Waals surface area contributed by atoms with Crippen LogP contribution in [0.15, 0.2) is 24.3 Å². The van der Waals surface area contributed by atoms with Gasteiger partial charge in [0.1, 0.15) is 0 Å². The monoisotopic (exact) mass is 250 g/mol. The van der Waals surface area contributed by atoms with E-state index in [1.54, 1.807) is 6.07 Å². The van der Waals surface area contributed by atoms with Crippen LogP contribution in [0.3, 0.4) is 0 Å². The summed E-state index contributed by atoms with van der Waals surface area (Å²) in [5.74, 6) is -0.528. The van der Waals surface area contributed by atoms with E-state index in [0.29, 0.717) is 5.56 Å². The highest BCUT2D eigenvalue weighted by Gasteiger charge is 2.12. The van der Waals surface area contributed by atoms with Gasteiger partial charge in [0.15, 0.2) is 0 Å². The van der Waals surface area contributed by atoms with Crippen molar-refractivity contribution in [1.82, 2.24) is 5.32 Å². The topological polar surface area (TPSA) is 58.6 Å². The number of esters is 1. The van der Waals surface area contributed by atoms with Crippen molar-refractivity contribution in [3.05, 3.63) is 29.8 Å². The molecule has 0 aromatic heterocycles. The number of hydrogen-bond donors (Lipinski definition) is 1. The molecule has 98 valence electrons. The molecule has 1 N–H and O–H groups in total. The van der Waals surface area contributed by atoms with Crippen molar-refractivity contribution < 1.29 is 14.3 Å². The van der Waals surface area contributed by atoms with E-state index in [9.17, 15) is 9.59 Å². The van der Waals surface area contributed by atoms with Gasteiger partial charge in [0, 0.05) is 26.3 Å². The maximum atomic E-state index is 11.9. The standard InChI is InChI=1S/C13H18N2O3/c1-15(2)11-7-5-4-6-10(11)13(17)14-9-8-12(16)18-3/h4-7H,8-9H2,1-3H3,(H,14,17). The number of ether oxygens (including phenoxy) is 1. The first-order valence-electron chi connectivity index (χ1n) is 5.67. The molecule has 0 atom stereocenters. The molecule has 0 unspecified atom stereocenters. The van der Waals surface area contributed by atoms with Gasteiger partial charge in [-0.25, -0.2) is 0 Å². The number of rotatable bonds is 5. The van der Waals surface area contributed by atoms with Crippen LogP contribution in [0.5, 0.6) is 0 Å². The van der Waals surface area contributed by atoms with Crippen LogP contribution in [0.25, 0.3) is 0 Å². The second kappa shape index (κ2) is 6.64. The van der Waals surface area contributed by atoms with Gasteiger partial charge in [-0.1, -0.05) is 12.1 Å². The smallest absolute Gasteiger partial charge is 0.307 e. The van der Waals surface area contributed by atoms with E-state index in [4.69, 9.17) is 0 Å². The molecule has 0 saturated heterocycles. The van der Waals surface area contributed by atoms with E-state index in [1.165, 1.54) is 7.11 Å². The Morgan fingerprint density at radius 3 is 2.56 bits per heavy atom. The van der Waals surface area contributed by atoms with Gasteiger partial charge < -0.3 is 15.0 Å². The first-order chi connectivity index (χ1) is 8.56.